The van der Waals surface area contributed by atoms with Crippen molar-refractivity contribution in [1.29, 1.82) is 0 Å². The molecule has 0 atom stereocenters. The van der Waals surface area contributed by atoms with Gasteiger partial charge >= 0.3 is 0 Å². The van der Waals surface area contributed by atoms with Crippen molar-refractivity contribution < 1.29 is 27.5 Å². The highest BCUT2D eigenvalue weighted by molar-refractivity contribution is 7.92. The molecule has 0 aliphatic carbocycles. The fourth-order valence-electron chi connectivity index (χ4n) is 6.30. The molecule has 55 heavy (non-hydrogen) atoms. The first-order valence-corrected chi connectivity index (χ1v) is 19.9. The molecule has 1 fully saturated rings. The minimum Gasteiger partial charge on any atom is -0.492 e. The van der Waals surface area contributed by atoms with Crippen LogP contribution in [-0.2, 0) is 20.2 Å². The van der Waals surface area contributed by atoms with E-state index < -0.39 is 10.0 Å². The van der Waals surface area contributed by atoms with Crippen molar-refractivity contribution >= 4 is 55.8 Å². The maximum absolute atomic E-state index is 13.7. The summed E-state index contributed by atoms with van der Waals surface area (Å²) >= 11 is 0. The number of nitrogens with zero attached hydrogens (tertiary/aromatic N) is 3. The Kier molecular flexibility index (Phi) is 11.7. The van der Waals surface area contributed by atoms with Crippen LogP contribution in [0, 0.1) is 6.92 Å². The lowest BCUT2D eigenvalue weighted by molar-refractivity contribution is 0.0383. The van der Waals surface area contributed by atoms with Crippen LogP contribution in [0.5, 0.6) is 5.75 Å². The summed E-state index contributed by atoms with van der Waals surface area (Å²) in [6, 6.07) is 22.0. The number of rotatable bonds is 12. The molecule has 0 spiro atoms. The SMILES string of the molecule is COc1c(NC(=O)c2ccc(C)c(-c3ccc4nc(Nc5cccc(C(=O)NCCN6CCOCC6)c5)ncc4c3)c2)cc(C(C)(C)C)cc1NS(C)(=O)=O. The van der Waals surface area contributed by atoms with Crippen molar-refractivity contribution in [2.24, 2.45) is 0 Å². The van der Waals surface area contributed by atoms with E-state index in [1.54, 1.807) is 36.5 Å². The number of sulfonamides is 1. The molecule has 14 heteroatoms. The zero-order chi connectivity index (χ0) is 39.3. The molecule has 0 saturated carbocycles. The van der Waals surface area contributed by atoms with Crippen molar-refractivity contribution in [2.75, 3.05) is 68.1 Å². The highest BCUT2D eigenvalue weighted by atomic mass is 32.2. The van der Waals surface area contributed by atoms with Gasteiger partial charge in [0.25, 0.3) is 11.8 Å². The fourth-order valence-corrected chi connectivity index (χ4v) is 6.85. The lowest BCUT2D eigenvalue weighted by Crippen LogP contribution is -2.41. The van der Waals surface area contributed by atoms with Gasteiger partial charge in [-0.1, -0.05) is 39.0 Å². The van der Waals surface area contributed by atoms with Gasteiger partial charge in [0.1, 0.15) is 0 Å². The molecule has 0 bridgehead atoms. The Morgan fingerprint density at radius 1 is 0.927 bits per heavy atom. The van der Waals surface area contributed by atoms with Gasteiger partial charge in [0.05, 0.1) is 43.5 Å². The number of hydrogen-bond acceptors (Lipinski definition) is 10. The summed E-state index contributed by atoms with van der Waals surface area (Å²) in [7, 11) is -2.20. The average Bonchev–Trinajstić information content (AvgIpc) is 3.14. The van der Waals surface area contributed by atoms with Crippen LogP contribution in [0.25, 0.3) is 22.0 Å². The second-order valence-corrected chi connectivity index (χ2v) is 16.3. The number of anilines is 4. The topological polar surface area (TPSA) is 164 Å². The van der Waals surface area contributed by atoms with Gasteiger partial charge in [-0.25, -0.2) is 18.4 Å². The lowest BCUT2D eigenvalue weighted by atomic mass is 9.86. The van der Waals surface area contributed by atoms with Gasteiger partial charge in [0.15, 0.2) is 5.75 Å². The first-order chi connectivity index (χ1) is 26.2. The standard InChI is InChI=1S/C41H47N7O6S/c1-26-10-11-29(39(50)45-35-23-31(41(2,3)4)24-36(37(35)53-5)47-55(6,51)52)22-33(26)27-12-13-34-30(20-27)25-43-40(46-34)44-32-9-7-8-28(21-32)38(49)42-14-15-48-16-18-54-19-17-48/h7-13,20-25,47H,14-19H2,1-6H3,(H,42,49)(H,45,50)(H,43,44,46). The van der Waals surface area contributed by atoms with Gasteiger partial charge in [-0.15, -0.1) is 0 Å². The zero-order valence-electron chi connectivity index (χ0n) is 31.9. The number of carbonyl (C=O) groups is 2. The Morgan fingerprint density at radius 2 is 1.67 bits per heavy atom. The van der Waals surface area contributed by atoms with Gasteiger partial charge in [-0.05, 0) is 89.2 Å². The van der Waals surface area contributed by atoms with Crippen LogP contribution in [0.4, 0.5) is 23.0 Å². The number of ether oxygens (including phenoxy) is 2. The summed E-state index contributed by atoms with van der Waals surface area (Å²) in [6.07, 6.45) is 2.80. The van der Waals surface area contributed by atoms with E-state index in [4.69, 9.17) is 14.5 Å². The number of morpholine rings is 1. The normalized spacial score (nSPS) is 13.6. The summed E-state index contributed by atoms with van der Waals surface area (Å²) in [4.78, 5) is 38.1. The molecule has 2 heterocycles. The Bertz CT molecular complexity index is 2340. The van der Waals surface area contributed by atoms with E-state index in [0.29, 0.717) is 40.5 Å². The van der Waals surface area contributed by atoms with E-state index in [-0.39, 0.29) is 28.7 Å². The summed E-state index contributed by atoms with van der Waals surface area (Å²) in [6.45, 7) is 12.5. The second kappa shape index (κ2) is 16.4. The number of aromatic nitrogens is 2. The Labute approximate surface area is 321 Å². The van der Waals surface area contributed by atoms with Crippen molar-refractivity contribution in [3.05, 3.63) is 101 Å². The van der Waals surface area contributed by atoms with E-state index >= 15 is 0 Å². The van der Waals surface area contributed by atoms with Gasteiger partial charge in [0, 0.05) is 54.6 Å². The van der Waals surface area contributed by atoms with Gasteiger partial charge < -0.3 is 25.4 Å². The number of fused-ring (bicyclic) bond motifs is 1. The summed E-state index contributed by atoms with van der Waals surface area (Å²) in [5, 5.41) is 9.97. The van der Waals surface area contributed by atoms with E-state index in [9.17, 15) is 18.0 Å². The molecule has 1 saturated heterocycles. The molecule has 288 valence electrons. The van der Waals surface area contributed by atoms with Crippen LogP contribution >= 0.6 is 0 Å². The molecule has 1 aliphatic rings. The largest absolute Gasteiger partial charge is 0.492 e. The van der Waals surface area contributed by atoms with E-state index in [1.807, 2.05) is 70.2 Å². The molecule has 4 aromatic carbocycles. The fraction of sp³-hybridized carbons (Fsp3) is 0.317. The highest BCUT2D eigenvalue weighted by Gasteiger charge is 2.23. The number of nitrogens with one attached hydrogen (secondary N) is 4. The molecular weight excluding hydrogens is 719 g/mol. The Morgan fingerprint density at radius 3 is 2.40 bits per heavy atom. The first-order valence-electron chi connectivity index (χ1n) is 18.0. The maximum atomic E-state index is 13.7. The van der Waals surface area contributed by atoms with Gasteiger partial charge in [0.2, 0.25) is 16.0 Å². The van der Waals surface area contributed by atoms with E-state index in [0.717, 1.165) is 66.7 Å². The number of carbonyl (C=O) groups excluding carboxylic acids is 2. The maximum Gasteiger partial charge on any atom is 0.255 e. The molecular formula is C41H47N7O6S. The monoisotopic (exact) mass is 765 g/mol. The van der Waals surface area contributed by atoms with Crippen LogP contribution in [0.1, 0.15) is 52.6 Å². The third-order valence-electron chi connectivity index (χ3n) is 9.29. The predicted octanol–water partition coefficient (Wildman–Crippen LogP) is 6.34. The van der Waals surface area contributed by atoms with Crippen LogP contribution in [0.15, 0.2) is 79.0 Å². The Hall–Kier alpha value is -5.57. The molecule has 0 unspecified atom stereocenters. The number of benzene rings is 4. The smallest absolute Gasteiger partial charge is 0.255 e. The lowest BCUT2D eigenvalue weighted by Gasteiger charge is -2.26. The number of hydrogen-bond donors (Lipinski definition) is 4. The minimum atomic E-state index is -3.63. The summed E-state index contributed by atoms with van der Waals surface area (Å²) in [5.41, 5.74) is 6.09. The van der Waals surface area contributed by atoms with Crippen molar-refractivity contribution in [1.82, 2.24) is 20.2 Å². The van der Waals surface area contributed by atoms with Gasteiger partial charge in [-0.3, -0.25) is 19.2 Å². The summed E-state index contributed by atoms with van der Waals surface area (Å²) in [5.74, 6) is 0.0631. The van der Waals surface area contributed by atoms with Gasteiger partial charge in [-0.2, -0.15) is 0 Å². The third kappa shape index (κ3) is 9.95. The van der Waals surface area contributed by atoms with Crippen LogP contribution < -0.4 is 25.4 Å². The Balaban J connectivity index is 1.18. The predicted molar refractivity (Wildman–Crippen MR) is 217 cm³/mol. The first kappa shape index (κ1) is 39.1. The van der Waals surface area contributed by atoms with Crippen molar-refractivity contribution in [2.45, 2.75) is 33.1 Å². The second-order valence-electron chi connectivity index (χ2n) is 14.6. The molecule has 4 N–H and O–H groups in total. The zero-order valence-corrected chi connectivity index (χ0v) is 32.8. The van der Waals surface area contributed by atoms with Crippen LogP contribution in [-0.4, -0.2) is 87.9 Å². The van der Waals surface area contributed by atoms with E-state index in [2.05, 4.69) is 30.6 Å². The molecule has 6 rings (SSSR count). The molecule has 1 aliphatic heterocycles. The minimum absolute atomic E-state index is 0.147. The quantitative estimate of drug-likeness (QED) is 0.113. The molecule has 5 aromatic rings. The molecule has 13 nitrogen and oxygen atoms in total. The van der Waals surface area contributed by atoms with Crippen molar-refractivity contribution in [3.63, 3.8) is 0 Å². The third-order valence-corrected chi connectivity index (χ3v) is 9.88. The summed E-state index contributed by atoms with van der Waals surface area (Å²) < 4.78 is 37.8. The average molecular weight is 766 g/mol. The van der Waals surface area contributed by atoms with Crippen molar-refractivity contribution in [3.8, 4) is 16.9 Å². The van der Waals surface area contributed by atoms with Crippen LogP contribution in [0.2, 0.25) is 0 Å². The molecule has 2 amide bonds. The number of amides is 2. The van der Waals surface area contributed by atoms with E-state index in [1.165, 1.54) is 7.11 Å². The highest BCUT2D eigenvalue weighted by Crippen LogP contribution is 2.39. The molecule has 1 aromatic heterocycles. The number of methoxy groups -OCH3 is 1. The molecule has 0 radical (unpaired) electrons. The van der Waals surface area contributed by atoms with Crippen LogP contribution in [0.3, 0.4) is 0 Å². The number of aryl methyl sites for hydroxylation is 1.